The first kappa shape index (κ1) is 12.8. The molecule has 0 aliphatic carbocycles. The van der Waals surface area contributed by atoms with Crippen LogP contribution in [-0.4, -0.2) is 6.29 Å². The van der Waals surface area contributed by atoms with Crippen LogP contribution in [-0.2, 0) is 0 Å². The first-order valence-electron chi connectivity index (χ1n) is 6.49. The zero-order valence-corrected chi connectivity index (χ0v) is 12.0. The fourth-order valence-corrected chi connectivity index (χ4v) is 3.30. The number of aldehydes is 1. The average Bonchev–Trinajstić information content (AvgIpc) is 2.97. The van der Waals surface area contributed by atoms with Crippen molar-refractivity contribution in [3.63, 3.8) is 0 Å². The van der Waals surface area contributed by atoms with Crippen molar-refractivity contribution >= 4 is 17.6 Å². The number of aryl methyl sites for hydroxylation is 1. The maximum absolute atomic E-state index is 11.2. The van der Waals surface area contributed by atoms with Crippen LogP contribution in [0.15, 0.2) is 60.7 Å². The molecule has 0 unspecified atom stereocenters. The molecule has 0 saturated heterocycles. The van der Waals surface area contributed by atoms with Crippen molar-refractivity contribution in [3.8, 4) is 20.9 Å². The number of rotatable bonds is 3. The minimum atomic E-state index is 0.756. The van der Waals surface area contributed by atoms with Gasteiger partial charge in [0.2, 0.25) is 0 Å². The van der Waals surface area contributed by atoms with Gasteiger partial charge in [0, 0.05) is 20.9 Å². The Morgan fingerprint density at radius 2 is 1.65 bits per heavy atom. The van der Waals surface area contributed by atoms with Crippen molar-refractivity contribution in [2.45, 2.75) is 6.92 Å². The van der Waals surface area contributed by atoms with E-state index in [-0.39, 0.29) is 0 Å². The number of hydrogen-bond acceptors (Lipinski definition) is 2. The van der Waals surface area contributed by atoms with Gasteiger partial charge in [-0.1, -0.05) is 48.0 Å². The Hall–Kier alpha value is -2.19. The predicted octanol–water partition coefficient (Wildman–Crippen LogP) is 5.20. The van der Waals surface area contributed by atoms with Gasteiger partial charge in [-0.15, -0.1) is 11.3 Å². The molecule has 2 heteroatoms. The van der Waals surface area contributed by atoms with E-state index in [1.165, 1.54) is 10.4 Å². The molecule has 20 heavy (non-hydrogen) atoms. The highest BCUT2D eigenvalue weighted by Gasteiger charge is 2.08. The van der Waals surface area contributed by atoms with Crippen molar-refractivity contribution < 1.29 is 4.79 Å². The third-order valence-electron chi connectivity index (χ3n) is 3.26. The zero-order valence-electron chi connectivity index (χ0n) is 11.2. The molecule has 1 nitrogen and oxygen atoms in total. The monoisotopic (exact) mass is 278 g/mol. The van der Waals surface area contributed by atoms with Gasteiger partial charge in [-0.2, -0.15) is 0 Å². The lowest BCUT2D eigenvalue weighted by molar-refractivity contribution is 0.112. The summed E-state index contributed by atoms with van der Waals surface area (Å²) in [5.74, 6) is 0. The summed E-state index contributed by atoms with van der Waals surface area (Å²) < 4.78 is 0. The molecule has 0 N–H and O–H groups in total. The van der Waals surface area contributed by atoms with E-state index in [1.807, 2.05) is 43.3 Å². The summed E-state index contributed by atoms with van der Waals surface area (Å²) in [7, 11) is 0. The molecule has 0 atom stereocenters. The molecule has 0 spiro atoms. The van der Waals surface area contributed by atoms with E-state index in [0.717, 1.165) is 27.9 Å². The topological polar surface area (TPSA) is 17.1 Å². The zero-order chi connectivity index (χ0) is 13.9. The molecule has 0 radical (unpaired) electrons. The van der Waals surface area contributed by atoms with Crippen LogP contribution in [0.4, 0.5) is 0 Å². The summed E-state index contributed by atoms with van der Waals surface area (Å²) in [6, 6.07) is 20.5. The average molecular weight is 278 g/mol. The van der Waals surface area contributed by atoms with Crippen LogP contribution in [0.2, 0.25) is 0 Å². The maximum Gasteiger partial charge on any atom is 0.150 e. The van der Waals surface area contributed by atoms with Crippen molar-refractivity contribution in [2.24, 2.45) is 0 Å². The van der Waals surface area contributed by atoms with Gasteiger partial charge in [-0.25, -0.2) is 0 Å². The van der Waals surface area contributed by atoms with Crippen LogP contribution in [0, 0.1) is 6.92 Å². The molecular weight excluding hydrogens is 264 g/mol. The van der Waals surface area contributed by atoms with Crippen LogP contribution in [0.5, 0.6) is 0 Å². The minimum Gasteiger partial charge on any atom is -0.298 e. The van der Waals surface area contributed by atoms with E-state index in [9.17, 15) is 4.79 Å². The summed E-state index contributed by atoms with van der Waals surface area (Å²) in [5.41, 5.74) is 4.09. The van der Waals surface area contributed by atoms with E-state index >= 15 is 0 Å². The van der Waals surface area contributed by atoms with Crippen molar-refractivity contribution in [1.29, 1.82) is 0 Å². The minimum absolute atomic E-state index is 0.756. The molecule has 0 amide bonds. The molecule has 3 rings (SSSR count). The Bertz CT molecular complexity index is 741. The molecule has 3 aromatic rings. The maximum atomic E-state index is 11.2. The Morgan fingerprint density at radius 1 is 0.900 bits per heavy atom. The van der Waals surface area contributed by atoms with E-state index < -0.39 is 0 Å². The van der Waals surface area contributed by atoms with Crippen LogP contribution in [0.3, 0.4) is 0 Å². The van der Waals surface area contributed by atoms with Crippen molar-refractivity contribution in [3.05, 3.63) is 71.8 Å². The lowest BCUT2D eigenvalue weighted by Crippen LogP contribution is -1.86. The first-order chi connectivity index (χ1) is 9.78. The third kappa shape index (κ3) is 2.43. The number of carbonyl (C=O) groups is 1. The summed E-state index contributed by atoms with van der Waals surface area (Å²) in [6.07, 6.45) is 0.935. The molecule has 0 bridgehead atoms. The van der Waals surface area contributed by atoms with Crippen molar-refractivity contribution in [2.75, 3.05) is 0 Å². The second-order valence-corrected chi connectivity index (χ2v) is 5.82. The molecule has 2 aromatic carbocycles. The molecule has 0 saturated carbocycles. The highest BCUT2D eigenvalue weighted by molar-refractivity contribution is 7.18. The van der Waals surface area contributed by atoms with E-state index in [4.69, 9.17) is 0 Å². The molecule has 98 valence electrons. The van der Waals surface area contributed by atoms with Gasteiger partial charge in [0.05, 0.1) is 0 Å². The molecule has 1 aromatic heterocycles. The van der Waals surface area contributed by atoms with Gasteiger partial charge in [0.15, 0.2) is 6.29 Å². The Morgan fingerprint density at radius 3 is 2.40 bits per heavy atom. The SMILES string of the molecule is Cc1ccc(-c2ccc(-c3ccccc3)s2)c(C=O)c1. The summed E-state index contributed by atoms with van der Waals surface area (Å²) in [5, 5.41) is 0. The predicted molar refractivity (Wildman–Crippen MR) is 85.3 cm³/mol. The van der Waals surface area contributed by atoms with Gasteiger partial charge in [0.1, 0.15) is 0 Å². The third-order valence-corrected chi connectivity index (χ3v) is 4.43. The van der Waals surface area contributed by atoms with Gasteiger partial charge in [-0.3, -0.25) is 4.79 Å². The van der Waals surface area contributed by atoms with Gasteiger partial charge in [-0.05, 0) is 30.7 Å². The summed E-state index contributed by atoms with van der Waals surface area (Å²) in [6.45, 7) is 2.00. The quantitative estimate of drug-likeness (QED) is 0.601. The van der Waals surface area contributed by atoms with Crippen molar-refractivity contribution in [1.82, 2.24) is 0 Å². The van der Waals surface area contributed by atoms with Gasteiger partial charge in [0.25, 0.3) is 0 Å². The van der Waals surface area contributed by atoms with Crippen LogP contribution < -0.4 is 0 Å². The largest absolute Gasteiger partial charge is 0.298 e. The number of thiophene rings is 1. The Balaban J connectivity index is 2.05. The fourth-order valence-electron chi connectivity index (χ4n) is 2.24. The molecule has 0 fully saturated rings. The Labute approximate surface area is 122 Å². The molecule has 0 aliphatic rings. The Kier molecular flexibility index (Phi) is 3.48. The standard InChI is InChI=1S/C18H14OS/c1-13-7-8-16(15(11-13)12-19)18-10-9-17(20-18)14-5-3-2-4-6-14/h2-12H,1H3. The number of carbonyl (C=O) groups excluding carboxylic acids is 1. The lowest BCUT2D eigenvalue weighted by atomic mass is 10.0. The highest BCUT2D eigenvalue weighted by atomic mass is 32.1. The fraction of sp³-hybridized carbons (Fsp3) is 0.0556. The van der Waals surface area contributed by atoms with E-state index in [0.29, 0.717) is 0 Å². The highest BCUT2D eigenvalue weighted by Crippen LogP contribution is 2.35. The number of benzene rings is 2. The smallest absolute Gasteiger partial charge is 0.150 e. The van der Waals surface area contributed by atoms with Crippen LogP contribution in [0.25, 0.3) is 20.9 Å². The normalized spacial score (nSPS) is 10.4. The van der Waals surface area contributed by atoms with E-state index in [2.05, 4.69) is 24.3 Å². The summed E-state index contributed by atoms with van der Waals surface area (Å²) in [4.78, 5) is 13.6. The number of hydrogen-bond donors (Lipinski definition) is 0. The van der Waals surface area contributed by atoms with Gasteiger partial charge >= 0.3 is 0 Å². The first-order valence-corrected chi connectivity index (χ1v) is 7.31. The van der Waals surface area contributed by atoms with Crippen LogP contribution >= 0.6 is 11.3 Å². The summed E-state index contributed by atoms with van der Waals surface area (Å²) >= 11 is 1.72. The lowest BCUT2D eigenvalue weighted by Gasteiger charge is -2.03. The molecule has 0 aliphatic heterocycles. The molecular formula is C18H14OS. The second kappa shape index (κ2) is 5.43. The van der Waals surface area contributed by atoms with Crippen LogP contribution in [0.1, 0.15) is 15.9 Å². The molecule has 1 heterocycles. The van der Waals surface area contributed by atoms with Gasteiger partial charge < -0.3 is 0 Å². The van der Waals surface area contributed by atoms with E-state index in [1.54, 1.807) is 11.3 Å². The second-order valence-electron chi connectivity index (χ2n) is 4.74.